The van der Waals surface area contributed by atoms with Gasteiger partial charge in [0, 0.05) is 11.1 Å². The third-order valence-corrected chi connectivity index (χ3v) is 3.90. The van der Waals surface area contributed by atoms with E-state index in [1.165, 1.54) is 31.6 Å². The SMILES string of the molecule is COC(=O)c1ccoc1COC(=O)c1ccc(C(=O)c2ccccc2)cc1. The number of hydrogen-bond acceptors (Lipinski definition) is 6. The molecule has 3 aromatic rings. The predicted molar refractivity (Wildman–Crippen MR) is 95.5 cm³/mol. The molecule has 0 aliphatic heterocycles. The number of hydrogen-bond donors (Lipinski definition) is 0. The van der Waals surface area contributed by atoms with Gasteiger partial charge in [-0.1, -0.05) is 42.5 Å². The standard InChI is InChI=1S/C21H16O6/c1-25-21(24)17-11-12-26-18(17)13-27-20(23)16-9-7-15(8-10-16)19(22)14-5-3-2-4-6-14/h2-12H,13H2,1H3. The van der Waals surface area contributed by atoms with Gasteiger partial charge in [0.15, 0.2) is 18.2 Å². The zero-order valence-electron chi connectivity index (χ0n) is 14.5. The number of methoxy groups -OCH3 is 1. The Morgan fingerprint density at radius 1 is 0.815 bits per heavy atom. The van der Waals surface area contributed by atoms with Crippen LogP contribution >= 0.6 is 0 Å². The van der Waals surface area contributed by atoms with Crippen LogP contribution in [0.5, 0.6) is 0 Å². The van der Waals surface area contributed by atoms with Crippen LogP contribution in [0.2, 0.25) is 0 Å². The van der Waals surface area contributed by atoms with Gasteiger partial charge in [-0.2, -0.15) is 0 Å². The average molecular weight is 364 g/mol. The van der Waals surface area contributed by atoms with Gasteiger partial charge in [0.25, 0.3) is 0 Å². The fourth-order valence-corrected chi connectivity index (χ4v) is 2.47. The Morgan fingerprint density at radius 3 is 2.11 bits per heavy atom. The Bertz CT molecular complexity index is 954. The van der Waals surface area contributed by atoms with Gasteiger partial charge in [0.2, 0.25) is 0 Å². The minimum Gasteiger partial charge on any atom is -0.465 e. The molecule has 6 nitrogen and oxygen atoms in total. The van der Waals surface area contributed by atoms with Crippen LogP contribution in [-0.4, -0.2) is 24.8 Å². The van der Waals surface area contributed by atoms with Gasteiger partial charge in [0.05, 0.1) is 18.9 Å². The van der Waals surface area contributed by atoms with Crippen molar-refractivity contribution < 1.29 is 28.3 Å². The zero-order valence-corrected chi connectivity index (χ0v) is 14.5. The van der Waals surface area contributed by atoms with E-state index in [4.69, 9.17) is 9.15 Å². The van der Waals surface area contributed by atoms with Crippen LogP contribution in [-0.2, 0) is 16.1 Å². The second-order valence-electron chi connectivity index (χ2n) is 5.60. The lowest BCUT2D eigenvalue weighted by atomic mass is 10.0. The van der Waals surface area contributed by atoms with Gasteiger partial charge in [-0.15, -0.1) is 0 Å². The maximum absolute atomic E-state index is 12.4. The van der Waals surface area contributed by atoms with Crippen LogP contribution < -0.4 is 0 Å². The highest BCUT2D eigenvalue weighted by Crippen LogP contribution is 2.15. The van der Waals surface area contributed by atoms with Gasteiger partial charge in [-0.25, -0.2) is 9.59 Å². The molecule has 0 amide bonds. The summed E-state index contributed by atoms with van der Waals surface area (Å²) in [4.78, 5) is 36.1. The molecule has 1 heterocycles. The van der Waals surface area contributed by atoms with Crippen molar-refractivity contribution in [2.75, 3.05) is 7.11 Å². The lowest BCUT2D eigenvalue weighted by molar-refractivity contribution is 0.0432. The van der Waals surface area contributed by atoms with Crippen molar-refractivity contribution in [2.24, 2.45) is 0 Å². The van der Waals surface area contributed by atoms with Crippen molar-refractivity contribution in [1.82, 2.24) is 0 Å². The molecule has 0 spiro atoms. The van der Waals surface area contributed by atoms with Crippen molar-refractivity contribution in [3.05, 3.63) is 94.9 Å². The first-order valence-corrected chi connectivity index (χ1v) is 8.11. The molecule has 0 N–H and O–H groups in total. The molecule has 0 bridgehead atoms. The average Bonchev–Trinajstić information content (AvgIpc) is 3.20. The number of rotatable bonds is 6. The molecule has 0 saturated heterocycles. The molecular formula is C21H16O6. The zero-order chi connectivity index (χ0) is 19.2. The van der Waals surface area contributed by atoms with Gasteiger partial charge >= 0.3 is 11.9 Å². The van der Waals surface area contributed by atoms with Crippen LogP contribution in [0.3, 0.4) is 0 Å². The molecular weight excluding hydrogens is 348 g/mol. The van der Waals surface area contributed by atoms with Crippen molar-refractivity contribution >= 4 is 17.7 Å². The maximum atomic E-state index is 12.4. The molecule has 0 radical (unpaired) electrons. The highest BCUT2D eigenvalue weighted by atomic mass is 16.5. The van der Waals surface area contributed by atoms with E-state index in [0.29, 0.717) is 11.1 Å². The lowest BCUT2D eigenvalue weighted by Gasteiger charge is -2.06. The number of carbonyl (C=O) groups is 3. The molecule has 3 rings (SSSR count). The van der Waals surface area contributed by atoms with E-state index < -0.39 is 11.9 Å². The molecule has 136 valence electrons. The van der Waals surface area contributed by atoms with E-state index in [1.807, 2.05) is 6.07 Å². The Balaban J connectivity index is 1.65. The van der Waals surface area contributed by atoms with E-state index in [1.54, 1.807) is 36.4 Å². The highest BCUT2D eigenvalue weighted by molar-refractivity contribution is 6.09. The third-order valence-electron chi connectivity index (χ3n) is 3.90. The van der Waals surface area contributed by atoms with Crippen LogP contribution in [0.25, 0.3) is 0 Å². The monoisotopic (exact) mass is 364 g/mol. The topological polar surface area (TPSA) is 82.8 Å². The van der Waals surface area contributed by atoms with E-state index in [0.717, 1.165) is 0 Å². The second-order valence-corrected chi connectivity index (χ2v) is 5.60. The first-order chi connectivity index (χ1) is 13.1. The maximum Gasteiger partial charge on any atom is 0.341 e. The summed E-state index contributed by atoms with van der Waals surface area (Å²) in [6.07, 6.45) is 1.32. The molecule has 2 aromatic carbocycles. The predicted octanol–water partition coefficient (Wildman–Crippen LogP) is 3.65. The fraction of sp³-hybridized carbons (Fsp3) is 0.0952. The normalized spacial score (nSPS) is 10.3. The van der Waals surface area contributed by atoms with Gasteiger partial charge in [-0.3, -0.25) is 4.79 Å². The van der Waals surface area contributed by atoms with Crippen molar-refractivity contribution in [3.8, 4) is 0 Å². The first kappa shape index (κ1) is 18.1. The van der Waals surface area contributed by atoms with Crippen LogP contribution in [0, 0.1) is 0 Å². The van der Waals surface area contributed by atoms with E-state index >= 15 is 0 Å². The molecule has 0 aliphatic carbocycles. The van der Waals surface area contributed by atoms with Crippen molar-refractivity contribution in [1.29, 1.82) is 0 Å². The number of esters is 2. The quantitative estimate of drug-likeness (QED) is 0.490. The van der Waals surface area contributed by atoms with Gasteiger partial charge in [0.1, 0.15) is 5.56 Å². The Morgan fingerprint density at radius 2 is 1.44 bits per heavy atom. The summed E-state index contributed by atoms with van der Waals surface area (Å²) in [6, 6.07) is 16.5. The number of carbonyl (C=O) groups excluding carboxylic acids is 3. The van der Waals surface area contributed by atoms with E-state index in [-0.39, 0.29) is 29.3 Å². The van der Waals surface area contributed by atoms with Gasteiger partial charge < -0.3 is 13.9 Å². The van der Waals surface area contributed by atoms with E-state index in [2.05, 4.69) is 4.74 Å². The first-order valence-electron chi connectivity index (χ1n) is 8.11. The summed E-state index contributed by atoms with van der Waals surface area (Å²) >= 11 is 0. The van der Waals surface area contributed by atoms with Crippen LogP contribution in [0.4, 0.5) is 0 Å². The lowest BCUT2D eigenvalue weighted by Crippen LogP contribution is -2.09. The minimum atomic E-state index is -0.596. The molecule has 0 atom stereocenters. The molecule has 1 aromatic heterocycles. The molecule has 27 heavy (non-hydrogen) atoms. The summed E-state index contributed by atoms with van der Waals surface area (Å²) in [5, 5.41) is 0. The third kappa shape index (κ3) is 4.12. The van der Waals surface area contributed by atoms with Crippen molar-refractivity contribution in [2.45, 2.75) is 6.61 Å². The summed E-state index contributed by atoms with van der Waals surface area (Å²) in [5.74, 6) is -1.10. The molecule has 0 fully saturated rings. The molecule has 0 unspecified atom stereocenters. The Hall–Kier alpha value is -3.67. The summed E-state index contributed by atoms with van der Waals surface area (Å²) in [6.45, 7) is -0.207. The van der Waals surface area contributed by atoms with Crippen LogP contribution in [0.15, 0.2) is 71.3 Å². The molecule has 0 aliphatic rings. The number of furan rings is 1. The summed E-state index contributed by atoms with van der Waals surface area (Å²) in [7, 11) is 1.25. The Labute approximate surface area is 155 Å². The van der Waals surface area contributed by atoms with Crippen molar-refractivity contribution in [3.63, 3.8) is 0 Å². The fourth-order valence-electron chi connectivity index (χ4n) is 2.47. The smallest absolute Gasteiger partial charge is 0.341 e. The second kappa shape index (κ2) is 8.14. The number of ketones is 1. The highest BCUT2D eigenvalue weighted by Gasteiger charge is 2.17. The number of ether oxygens (including phenoxy) is 2. The summed E-state index contributed by atoms with van der Waals surface area (Å²) < 4.78 is 14.9. The summed E-state index contributed by atoms with van der Waals surface area (Å²) in [5.41, 5.74) is 1.53. The minimum absolute atomic E-state index is 0.131. The molecule has 6 heteroatoms. The van der Waals surface area contributed by atoms with Gasteiger partial charge in [-0.05, 0) is 18.2 Å². The Kier molecular flexibility index (Phi) is 5.47. The van der Waals surface area contributed by atoms with Crippen LogP contribution in [0.1, 0.15) is 42.4 Å². The molecule has 0 saturated carbocycles. The van der Waals surface area contributed by atoms with E-state index in [9.17, 15) is 14.4 Å². The number of benzene rings is 2. The largest absolute Gasteiger partial charge is 0.465 e.